The molecule has 2 heteroatoms. The van der Waals surface area contributed by atoms with E-state index in [1.54, 1.807) is 0 Å². The highest BCUT2D eigenvalue weighted by atomic mass is 16.3. The molecule has 11 heavy (non-hydrogen) atoms. The minimum absolute atomic E-state index is 0.112. The van der Waals surface area contributed by atoms with E-state index in [0.717, 1.165) is 19.3 Å². The Balaban J connectivity index is 2.78. The largest absolute Gasteiger partial charge is 0.396 e. The van der Waals surface area contributed by atoms with Crippen LogP contribution in [0.5, 0.6) is 0 Å². The molecule has 1 aliphatic carbocycles. The van der Waals surface area contributed by atoms with Gasteiger partial charge >= 0.3 is 0 Å². The van der Waals surface area contributed by atoms with Gasteiger partial charge in [0.25, 0.3) is 0 Å². The van der Waals surface area contributed by atoms with E-state index in [4.69, 9.17) is 10.4 Å². The monoisotopic (exact) mass is 153 g/mol. The van der Waals surface area contributed by atoms with Crippen molar-refractivity contribution in [1.29, 1.82) is 5.26 Å². The fraction of sp³-hybridized carbons (Fsp3) is 0.889. The lowest BCUT2D eigenvalue weighted by molar-refractivity contribution is -0.00496. The van der Waals surface area contributed by atoms with E-state index in [2.05, 4.69) is 6.07 Å². The van der Waals surface area contributed by atoms with Crippen LogP contribution in [-0.2, 0) is 0 Å². The van der Waals surface area contributed by atoms with Crippen LogP contribution in [0.25, 0.3) is 0 Å². The summed E-state index contributed by atoms with van der Waals surface area (Å²) < 4.78 is 0. The Kier molecular flexibility index (Phi) is 1.94. The van der Waals surface area contributed by atoms with E-state index in [-0.39, 0.29) is 17.4 Å². The van der Waals surface area contributed by atoms with E-state index < -0.39 is 0 Å². The van der Waals surface area contributed by atoms with Crippen LogP contribution in [0, 0.1) is 22.2 Å². The second kappa shape index (κ2) is 2.49. The van der Waals surface area contributed by atoms with Crippen LogP contribution in [0.15, 0.2) is 0 Å². The van der Waals surface area contributed by atoms with Gasteiger partial charge in [-0.2, -0.15) is 5.26 Å². The normalized spacial score (nSPS) is 22.0. The average molecular weight is 153 g/mol. The van der Waals surface area contributed by atoms with Crippen LogP contribution in [0.3, 0.4) is 0 Å². The summed E-state index contributed by atoms with van der Waals surface area (Å²) in [5.41, 5.74) is -0.457. The molecule has 1 rings (SSSR count). The number of nitrogens with zero attached hydrogens (tertiary/aromatic N) is 1. The van der Waals surface area contributed by atoms with Gasteiger partial charge in [-0.25, -0.2) is 0 Å². The molecule has 0 bridgehead atoms. The average Bonchev–Trinajstić information content (AvgIpc) is 1.86. The van der Waals surface area contributed by atoms with E-state index in [1.807, 2.05) is 13.8 Å². The Hall–Kier alpha value is -0.550. The van der Waals surface area contributed by atoms with E-state index in [9.17, 15) is 0 Å². The molecule has 1 aliphatic rings. The molecule has 0 atom stereocenters. The molecule has 0 radical (unpaired) electrons. The summed E-state index contributed by atoms with van der Waals surface area (Å²) in [5, 5.41) is 18.0. The summed E-state index contributed by atoms with van der Waals surface area (Å²) in [6.45, 7) is 4.05. The fourth-order valence-electron chi connectivity index (χ4n) is 1.62. The van der Waals surface area contributed by atoms with Gasteiger partial charge in [-0.05, 0) is 12.8 Å². The molecular formula is C9H15NO. The van der Waals surface area contributed by atoms with Gasteiger partial charge in [-0.1, -0.05) is 20.3 Å². The minimum Gasteiger partial charge on any atom is -0.396 e. The maximum atomic E-state index is 9.07. The van der Waals surface area contributed by atoms with Crippen molar-refractivity contribution in [2.24, 2.45) is 10.8 Å². The molecule has 1 N–H and O–H groups in total. The van der Waals surface area contributed by atoms with Crippen molar-refractivity contribution in [3.63, 3.8) is 0 Å². The molecule has 0 saturated heterocycles. The molecule has 0 aliphatic heterocycles. The lowest BCUT2D eigenvalue weighted by atomic mass is 9.55. The zero-order valence-corrected chi connectivity index (χ0v) is 7.22. The van der Waals surface area contributed by atoms with Gasteiger partial charge in [0.15, 0.2) is 0 Å². The molecule has 0 spiro atoms. The van der Waals surface area contributed by atoms with Crippen LogP contribution in [0.1, 0.15) is 33.1 Å². The maximum Gasteiger partial charge on any atom is 0.0696 e. The molecule has 0 aromatic rings. The molecule has 0 aromatic heterocycles. The van der Waals surface area contributed by atoms with Crippen LogP contribution in [0.4, 0.5) is 0 Å². The minimum atomic E-state index is -0.234. The van der Waals surface area contributed by atoms with Crippen molar-refractivity contribution < 1.29 is 5.11 Å². The first-order valence-corrected chi connectivity index (χ1v) is 4.10. The van der Waals surface area contributed by atoms with Gasteiger partial charge in [0, 0.05) is 12.0 Å². The number of aliphatic hydroxyl groups is 1. The van der Waals surface area contributed by atoms with E-state index in [0.29, 0.717) is 0 Å². The van der Waals surface area contributed by atoms with Gasteiger partial charge in [-0.15, -0.1) is 0 Å². The smallest absolute Gasteiger partial charge is 0.0696 e. The first-order valence-electron chi connectivity index (χ1n) is 4.10. The van der Waals surface area contributed by atoms with E-state index >= 15 is 0 Å². The Bertz CT molecular complexity index is 186. The number of hydrogen-bond acceptors (Lipinski definition) is 2. The Morgan fingerprint density at radius 2 is 2.09 bits per heavy atom. The number of nitriles is 1. The van der Waals surface area contributed by atoms with E-state index in [1.165, 1.54) is 0 Å². The highest BCUT2D eigenvalue weighted by Crippen LogP contribution is 2.52. The highest BCUT2D eigenvalue weighted by Gasteiger charge is 2.49. The topological polar surface area (TPSA) is 44.0 Å². The first-order chi connectivity index (χ1) is 5.08. The third-order valence-electron chi connectivity index (χ3n) is 3.11. The molecule has 2 nitrogen and oxygen atoms in total. The standard InChI is InChI=1S/C9H15NO/c1-8(2,7-11)9(6-10)4-3-5-9/h11H,3-5,7H2,1-2H3. The quantitative estimate of drug-likeness (QED) is 0.656. The molecule has 0 amide bonds. The number of hydrogen-bond donors (Lipinski definition) is 1. The summed E-state index contributed by atoms with van der Waals surface area (Å²) in [7, 11) is 0. The van der Waals surface area contributed by atoms with Crippen molar-refractivity contribution in [1.82, 2.24) is 0 Å². The Morgan fingerprint density at radius 1 is 1.55 bits per heavy atom. The SMILES string of the molecule is CC(C)(CO)C1(C#N)CCC1. The number of aliphatic hydroxyl groups excluding tert-OH is 1. The molecule has 0 unspecified atom stereocenters. The molecule has 62 valence electrons. The van der Waals surface area contributed by atoms with Crippen LogP contribution in [0.2, 0.25) is 0 Å². The predicted molar refractivity (Wildman–Crippen MR) is 42.8 cm³/mol. The van der Waals surface area contributed by atoms with Crippen LogP contribution >= 0.6 is 0 Å². The summed E-state index contributed by atoms with van der Waals surface area (Å²) in [6, 6.07) is 2.35. The van der Waals surface area contributed by atoms with Crippen molar-refractivity contribution in [3.05, 3.63) is 0 Å². The zero-order valence-electron chi connectivity index (χ0n) is 7.22. The summed E-state index contributed by atoms with van der Waals surface area (Å²) in [6.07, 6.45) is 3.05. The van der Waals surface area contributed by atoms with Crippen LogP contribution in [-0.4, -0.2) is 11.7 Å². The lowest BCUT2D eigenvalue weighted by Crippen LogP contribution is -2.44. The first kappa shape index (κ1) is 8.55. The molecule has 0 aromatic carbocycles. The lowest BCUT2D eigenvalue weighted by Gasteiger charge is -2.47. The maximum absolute atomic E-state index is 9.07. The fourth-order valence-corrected chi connectivity index (χ4v) is 1.62. The van der Waals surface area contributed by atoms with Crippen molar-refractivity contribution in [3.8, 4) is 6.07 Å². The molecule has 1 saturated carbocycles. The second-order valence-corrected chi connectivity index (χ2v) is 4.09. The van der Waals surface area contributed by atoms with Crippen molar-refractivity contribution in [2.45, 2.75) is 33.1 Å². The van der Waals surface area contributed by atoms with Gasteiger partial charge in [0.1, 0.15) is 0 Å². The third kappa shape index (κ3) is 1.04. The summed E-state index contributed by atoms with van der Waals surface area (Å²) >= 11 is 0. The van der Waals surface area contributed by atoms with Gasteiger partial charge < -0.3 is 5.11 Å². The van der Waals surface area contributed by atoms with Gasteiger partial charge in [0.05, 0.1) is 11.5 Å². The summed E-state index contributed by atoms with van der Waals surface area (Å²) in [5.74, 6) is 0. The Labute approximate surface area is 67.8 Å². The van der Waals surface area contributed by atoms with Gasteiger partial charge in [0.2, 0.25) is 0 Å². The summed E-state index contributed by atoms with van der Waals surface area (Å²) in [4.78, 5) is 0. The van der Waals surface area contributed by atoms with Crippen molar-refractivity contribution >= 4 is 0 Å². The predicted octanol–water partition coefficient (Wildman–Crippen LogP) is 1.70. The molecule has 0 heterocycles. The third-order valence-corrected chi connectivity index (χ3v) is 3.11. The molecular weight excluding hydrogens is 138 g/mol. The van der Waals surface area contributed by atoms with Gasteiger partial charge in [-0.3, -0.25) is 0 Å². The van der Waals surface area contributed by atoms with Crippen LogP contribution < -0.4 is 0 Å². The number of rotatable bonds is 2. The molecule has 1 fully saturated rings. The highest BCUT2D eigenvalue weighted by molar-refractivity contribution is 5.11. The second-order valence-electron chi connectivity index (χ2n) is 4.09. The van der Waals surface area contributed by atoms with Crippen molar-refractivity contribution in [2.75, 3.05) is 6.61 Å². The zero-order chi connectivity index (χ0) is 8.54. The Morgan fingerprint density at radius 3 is 2.18 bits per heavy atom.